The second kappa shape index (κ2) is 12.4. The highest BCUT2D eigenvalue weighted by atomic mass is 16.5. The fourth-order valence-corrected chi connectivity index (χ4v) is 3.57. The van der Waals surface area contributed by atoms with Gasteiger partial charge >= 0.3 is 0 Å². The van der Waals surface area contributed by atoms with Crippen molar-refractivity contribution in [1.82, 2.24) is 5.32 Å². The van der Waals surface area contributed by atoms with Crippen LogP contribution in [0, 0.1) is 5.92 Å². The van der Waals surface area contributed by atoms with Crippen molar-refractivity contribution in [2.75, 3.05) is 39.8 Å². The van der Waals surface area contributed by atoms with E-state index >= 15 is 0 Å². The third kappa shape index (κ3) is 6.13. The summed E-state index contributed by atoms with van der Waals surface area (Å²) in [7, 11) is 0. The maximum absolute atomic E-state index is 13.5. The molecule has 0 aliphatic rings. The molecule has 0 radical (unpaired) electrons. The normalized spacial score (nSPS) is 11.6. The Morgan fingerprint density at radius 1 is 0.828 bits per heavy atom. The van der Waals surface area contributed by atoms with Gasteiger partial charge in [-0.1, -0.05) is 74.5 Å². The molecule has 0 saturated carbocycles. The first-order chi connectivity index (χ1) is 14.1. The van der Waals surface area contributed by atoms with Crippen LogP contribution in [0.1, 0.15) is 31.9 Å². The maximum Gasteiger partial charge on any atom is 0.237 e. The van der Waals surface area contributed by atoms with E-state index in [1.165, 1.54) is 0 Å². The molecule has 29 heavy (non-hydrogen) atoms. The zero-order valence-corrected chi connectivity index (χ0v) is 17.7. The highest BCUT2D eigenvalue weighted by Gasteiger charge is 2.44. The molecule has 2 aromatic rings. The summed E-state index contributed by atoms with van der Waals surface area (Å²) in [6.45, 7) is 8.94. The Kier molecular flexibility index (Phi) is 9.84. The largest absolute Gasteiger partial charge is 0.379 e. The molecule has 0 fully saturated rings. The molecular weight excluding hydrogens is 366 g/mol. The number of rotatable bonds is 13. The lowest BCUT2D eigenvalue weighted by atomic mass is 9.66. The van der Waals surface area contributed by atoms with Gasteiger partial charge < -0.3 is 19.5 Å². The van der Waals surface area contributed by atoms with Crippen LogP contribution in [0.15, 0.2) is 60.7 Å². The van der Waals surface area contributed by atoms with Crippen LogP contribution in [0.5, 0.6) is 0 Å². The van der Waals surface area contributed by atoms with Crippen molar-refractivity contribution >= 4 is 5.91 Å². The summed E-state index contributed by atoms with van der Waals surface area (Å²) in [6, 6.07) is 19.9. The fourth-order valence-electron chi connectivity index (χ4n) is 3.57. The average molecular weight is 400 g/mol. The molecule has 0 bridgehead atoms. The molecule has 0 saturated heterocycles. The van der Waals surface area contributed by atoms with Crippen molar-refractivity contribution in [2.45, 2.75) is 26.2 Å². The van der Waals surface area contributed by atoms with Gasteiger partial charge in [-0.05, 0) is 24.0 Å². The van der Waals surface area contributed by atoms with E-state index in [2.05, 4.69) is 19.2 Å². The van der Waals surface area contributed by atoms with Gasteiger partial charge in [0, 0.05) is 6.61 Å². The molecule has 0 aliphatic heterocycles. The number of nitrogens with one attached hydrogen (secondary N) is 1. The lowest BCUT2D eigenvalue weighted by molar-refractivity contribution is -0.128. The van der Waals surface area contributed by atoms with Crippen molar-refractivity contribution in [3.63, 3.8) is 0 Å². The highest BCUT2D eigenvalue weighted by Crippen LogP contribution is 2.39. The fraction of sp³-hybridized carbons (Fsp3) is 0.458. The number of hydrogen-bond acceptors (Lipinski definition) is 4. The van der Waals surface area contributed by atoms with Crippen molar-refractivity contribution in [2.24, 2.45) is 5.92 Å². The summed E-state index contributed by atoms with van der Waals surface area (Å²) in [4.78, 5) is 13.5. The summed E-state index contributed by atoms with van der Waals surface area (Å²) in [5.74, 6) is -0.0173. The van der Waals surface area contributed by atoms with Gasteiger partial charge in [0.1, 0.15) is 12.1 Å². The smallest absolute Gasteiger partial charge is 0.237 e. The molecule has 2 aromatic carbocycles. The Balaban J connectivity index is 2.03. The minimum Gasteiger partial charge on any atom is -0.379 e. The average Bonchev–Trinajstić information content (AvgIpc) is 2.74. The van der Waals surface area contributed by atoms with E-state index in [1.807, 2.05) is 67.6 Å². The first kappa shape index (κ1) is 23.1. The minimum atomic E-state index is -0.792. The number of benzene rings is 2. The standard InChI is InChI=1S/C24H33NO4/c1-4-27-15-16-28-17-18-29-19-25-23(26)24(20(2)3,21-11-7-5-8-12-21)22-13-9-6-10-14-22/h5-14,20H,4,15-19H2,1-3H3,(H,25,26). The van der Waals surface area contributed by atoms with Crippen LogP contribution < -0.4 is 5.32 Å². The third-order valence-corrected chi connectivity index (χ3v) is 4.97. The second-order valence-electron chi connectivity index (χ2n) is 7.06. The second-order valence-corrected chi connectivity index (χ2v) is 7.06. The van der Waals surface area contributed by atoms with Gasteiger partial charge in [-0.3, -0.25) is 4.79 Å². The molecule has 1 N–H and O–H groups in total. The molecule has 1 amide bonds. The number of amides is 1. The number of hydrogen-bond donors (Lipinski definition) is 1. The topological polar surface area (TPSA) is 56.8 Å². The van der Waals surface area contributed by atoms with Crippen LogP contribution >= 0.6 is 0 Å². The maximum atomic E-state index is 13.5. The number of carbonyl (C=O) groups excluding carboxylic acids is 1. The molecule has 0 aromatic heterocycles. The van der Waals surface area contributed by atoms with Gasteiger partial charge in [-0.25, -0.2) is 0 Å². The minimum absolute atomic E-state index is 0.0502. The van der Waals surface area contributed by atoms with Crippen LogP contribution in [0.25, 0.3) is 0 Å². The summed E-state index contributed by atoms with van der Waals surface area (Å²) >= 11 is 0. The highest BCUT2D eigenvalue weighted by molar-refractivity contribution is 5.92. The molecule has 2 rings (SSSR count). The quantitative estimate of drug-likeness (QED) is 0.411. The SMILES string of the molecule is CCOCCOCCOCNC(=O)C(c1ccccc1)(c1ccccc1)C(C)C. The Hall–Kier alpha value is -2.21. The van der Waals surface area contributed by atoms with Gasteiger partial charge in [0.05, 0.1) is 26.4 Å². The Morgan fingerprint density at radius 2 is 1.31 bits per heavy atom. The molecule has 0 aliphatic carbocycles. The first-order valence-corrected chi connectivity index (χ1v) is 10.3. The summed E-state index contributed by atoms with van der Waals surface area (Å²) in [5, 5.41) is 2.97. The van der Waals surface area contributed by atoms with Crippen molar-refractivity contribution < 1.29 is 19.0 Å². The van der Waals surface area contributed by atoms with Crippen LogP contribution in [-0.4, -0.2) is 45.7 Å². The molecular formula is C24H33NO4. The van der Waals surface area contributed by atoms with E-state index in [1.54, 1.807) is 0 Å². The van der Waals surface area contributed by atoms with Gasteiger partial charge in [0.25, 0.3) is 0 Å². The summed E-state index contributed by atoms with van der Waals surface area (Å²) < 4.78 is 16.2. The number of carbonyl (C=O) groups is 1. The Bertz CT molecular complexity index is 664. The van der Waals surface area contributed by atoms with Crippen molar-refractivity contribution in [3.8, 4) is 0 Å². The predicted molar refractivity (Wildman–Crippen MR) is 115 cm³/mol. The van der Waals surface area contributed by atoms with Crippen LogP contribution in [0.2, 0.25) is 0 Å². The molecule has 5 nitrogen and oxygen atoms in total. The zero-order valence-electron chi connectivity index (χ0n) is 17.7. The first-order valence-electron chi connectivity index (χ1n) is 10.3. The predicted octanol–water partition coefficient (Wildman–Crippen LogP) is 3.77. The van der Waals surface area contributed by atoms with Gasteiger partial charge in [0.2, 0.25) is 5.91 Å². The van der Waals surface area contributed by atoms with Crippen molar-refractivity contribution in [3.05, 3.63) is 71.8 Å². The molecule has 5 heteroatoms. The van der Waals surface area contributed by atoms with E-state index < -0.39 is 5.41 Å². The van der Waals surface area contributed by atoms with Crippen LogP contribution in [0.4, 0.5) is 0 Å². The van der Waals surface area contributed by atoms with E-state index in [-0.39, 0.29) is 18.6 Å². The number of ether oxygens (including phenoxy) is 3. The Morgan fingerprint density at radius 3 is 1.79 bits per heavy atom. The van der Waals surface area contributed by atoms with E-state index in [0.717, 1.165) is 11.1 Å². The lowest BCUT2D eigenvalue weighted by Crippen LogP contribution is -2.49. The molecule has 0 atom stereocenters. The van der Waals surface area contributed by atoms with Gasteiger partial charge in [0.15, 0.2) is 0 Å². The van der Waals surface area contributed by atoms with Gasteiger partial charge in [-0.15, -0.1) is 0 Å². The molecule has 158 valence electrons. The zero-order chi connectivity index (χ0) is 21.0. The monoisotopic (exact) mass is 399 g/mol. The molecule has 0 spiro atoms. The van der Waals surface area contributed by atoms with Gasteiger partial charge in [-0.2, -0.15) is 0 Å². The van der Waals surface area contributed by atoms with E-state index in [4.69, 9.17) is 14.2 Å². The Labute approximate surface area is 174 Å². The third-order valence-electron chi connectivity index (χ3n) is 4.97. The molecule has 0 heterocycles. The van der Waals surface area contributed by atoms with Crippen LogP contribution in [0.3, 0.4) is 0 Å². The van der Waals surface area contributed by atoms with E-state index in [9.17, 15) is 4.79 Å². The summed E-state index contributed by atoms with van der Waals surface area (Å²) in [5.41, 5.74) is 1.15. The molecule has 0 unspecified atom stereocenters. The lowest BCUT2D eigenvalue weighted by Gasteiger charge is -2.37. The van der Waals surface area contributed by atoms with Crippen molar-refractivity contribution in [1.29, 1.82) is 0 Å². The van der Waals surface area contributed by atoms with Crippen LogP contribution in [-0.2, 0) is 24.4 Å². The van der Waals surface area contributed by atoms with E-state index in [0.29, 0.717) is 33.0 Å². The summed E-state index contributed by atoms with van der Waals surface area (Å²) in [6.07, 6.45) is 0.